The van der Waals surface area contributed by atoms with E-state index in [1.807, 2.05) is 36.4 Å². The number of benzene rings is 2. The molecule has 0 atom stereocenters. The Bertz CT molecular complexity index is 559. The second-order valence-electron chi connectivity index (χ2n) is 3.86. The highest BCUT2D eigenvalue weighted by Crippen LogP contribution is 2.21. The summed E-state index contributed by atoms with van der Waals surface area (Å²) >= 11 is 9.51. The minimum absolute atomic E-state index is 0.766. The van der Waals surface area contributed by atoms with Gasteiger partial charge in [-0.25, -0.2) is 0 Å². The van der Waals surface area contributed by atoms with Crippen LogP contribution in [-0.4, -0.2) is 0 Å². The van der Waals surface area contributed by atoms with Crippen molar-refractivity contribution in [2.24, 2.45) is 0 Å². The van der Waals surface area contributed by atoms with Crippen molar-refractivity contribution in [2.45, 2.75) is 6.92 Å². The fourth-order valence-electron chi connectivity index (χ4n) is 1.58. The number of aryl methyl sites for hydroxylation is 1. The second-order valence-corrected chi connectivity index (χ2v) is 5.15. The summed E-state index contributed by atoms with van der Waals surface area (Å²) in [7, 11) is 0. The second kappa shape index (κ2) is 5.52. The van der Waals surface area contributed by atoms with Gasteiger partial charge in [0.05, 0.1) is 0 Å². The molecule has 0 nitrogen and oxygen atoms in total. The van der Waals surface area contributed by atoms with E-state index in [0.29, 0.717) is 0 Å². The molecule has 17 heavy (non-hydrogen) atoms. The fraction of sp³-hybridized carbons (Fsp3) is 0.0667. The van der Waals surface area contributed by atoms with Crippen LogP contribution >= 0.6 is 27.5 Å². The van der Waals surface area contributed by atoms with Crippen LogP contribution in [0.2, 0.25) is 5.02 Å². The molecule has 2 rings (SSSR count). The van der Waals surface area contributed by atoms with Crippen LogP contribution in [0.1, 0.15) is 16.7 Å². The van der Waals surface area contributed by atoms with Gasteiger partial charge in [-0.05, 0) is 41.8 Å². The van der Waals surface area contributed by atoms with Crippen molar-refractivity contribution in [3.05, 3.63) is 68.7 Å². The molecular weight excluding hydrogens is 296 g/mol. The summed E-state index contributed by atoms with van der Waals surface area (Å²) in [5, 5.41) is 0.766. The Morgan fingerprint density at radius 3 is 2.47 bits per heavy atom. The molecular formula is C15H12BrCl. The number of hydrogen-bond donors (Lipinski definition) is 0. The highest BCUT2D eigenvalue weighted by atomic mass is 79.9. The Kier molecular flexibility index (Phi) is 4.03. The summed E-state index contributed by atoms with van der Waals surface area (Å²) in [6.45, 7) is 2.08. The summed E-state index contributed by atoms with van der Waals surface area (Å²) in [5.41, 5.74) is 3.53. The molecule has 0 aromatic heterocycles. The average molecular weight is 308 g/mol. The predicted octanol–water partition coefficient (Wildman–Crippen LogP) is 5.58. The smallest absolute Gasteiger partial charge is 0.0412 e. The van der Waals surface area contributed by atoms with Gasteiger partial charge in [-0.15, -0.1) is 0 Å². The maximum atomic E-state index is 5.99. The van der Waals surface area contributed by atoms with Crippen LogP contribution in [0.5, 0.6) is 0 Å². The predicted molar refractivity (Wildman–Crippen MR) is 79.3 cm³/mol. The Balaban J connectivity index is 2.32. The molecule has 0 N–H and O–H groups in total. The topological polar surface area (TPSA) is 0 Å². The van der Waals surface area contributed by atoms with Crippen molar-refractivity contribution in [3.63, 3.8) is 0 Å². The van der Waals surface area contributed by atoms with E-state index in [2.05, 4.69) is 41.1 Å². The first kappa shape index (κ1) is 12.4. The van der Waals surface area contributed by atoms with Gasteiger partial charge >= 0.3 is 0 Å². The lowest BCUT2D eigenvalue weighted by Crippen LogP contribution is -1.80. The third-order valence-electron chi connectivity index (χ3n) is 2.59. The lowest BCUT2D eigenvalue weighted by molar-refractivity contribution is 1.44. The minimum Gasteiger partial charge on any atom is -0.0843 e. The molecule has 0 amide bonds. The molecule has 2 aromatic rings. The van der Waals surface area contributed by atoms with Crippen molar-refractivity contribution in [3.8, 4) is 0 Å². The molecule has 0 radical (unpaired) electrons. The molecule has 0 aliphatic heterocycles. The summed E-state index contributed by atoms with van der Waals surface area (Å²) < 4.78 is 1.09. The molecule has 0 bridgehead atoms. The first-order chi connectivity index (χ1) is 8.16. The van der Waals surface area contributed by atoms with E-state index >= 15 is 0 Å². The zero-order valence-electron chi connectivity index (χ0n) is 9.45. The molecule has 0 saturated heterocycles. The van der Waals surface area contributed by atoms with Crippen molar-refractivity contribution in [2.75, 3.05) is 0 Å². The molecule has 0 spiro atoms. The monoisotopic (exact) mass is 306 g/mol. The van der Waals surface area contributed by atoms with Crippen LogP contribution in [0.4, 0.5) is 0 Å². The lowest BCUT2D eigenvalue weighted by Gasteiger charge is -2.01. The van der Waals surface area contributed by atoms with Crippen LogP contribution in [0.3, 0.4) is 0 Å². The van der Waals surface area contributed by atoms with Crippen LogP contribution in [0.25, 0.3) is 12.2 Å². The fourth-order valence-corrected chi connectivity index (χ4v) is 2.18. The summed E-state index contributed by atoms with van der Waals surface area (Å²) in [6.07, 6.45) is 4.17. The van der Waals surface area contributed by atoms with Crippen molar-refractivity contribution in [1.82, 2.24) is 0 Å². The van der Waals surface area contributed by atoms with E-state index in [4.69, 9.17) is 11.6 Å². The Labute approximate surface area is 115 Å². The van der Waals surface area contributed by atoms with Crippen molar-refractivity contribution < 1.29 is 0 Å². The molecule has 0 fully saturated rings. The van der Waals surface area contributed by atoms with Gasteiger partial charge in [0.2, 0.25) is 0 Å². The van der Waals surface area contributed by atoms with E-state index in [1.54, 1.807) is 0 Å². The largest absolute Gasteiger partial charge is 0.0843 e. The van der Waals surface area contributed by atoms with Gasteiger partial charge < -0.3 is 0 Å². The molecule has 0 aliphatic rings. The Morgan fingerprint density at radius 1 is 1.00 bits per heavy atom. The van der Waals surface area contributed by atoms with Gasteiger partial charge in [0, 0.05) is 9.50 Å². The van der Waals surface area contributed by atoms with Crippen LogP contribution in [0.15, 0.2) is 46.9 Å². The van der Waals surface area contributed by atoms with E-state index in [-0.39, 0.29) is 0 Å². The van der Waals surface area contributed by atoms with Crippen LogP contribution in [-0.2, 0) is 0 Å². The molecule has 0 heterocycles. The zero-order valence-corrected chi connectivity index (χ0v) is 11.8. The van der Waals surface area contributed by atoms with E-state index in [9.17, 15) is 0 Å². The molecule has 0 saturated carbocycles. The van der Waals surface area contributed by atoms with Gasteiger partial charge in [-0.1, -0.05) is 63.9 Å². The molecule has 2 aromatic carbocycles. The molecule has 0 unspecified atom stereocenters. The minimum atomic E-state index is 0.766. The highest BCUT2D eigenvalue weighted by molar-refractivity contribution is 9.10. The van der Waals surface area contributed by atoms with Gasteiger partial charge in [0.25, 0.3) is 0 Å². The third kappa shape index (κ3) is 3.21. The lowest BCUT2D eigenvalue weighted by atomic mass is 10.1. The zero-order chi connectivity index (χ0) is 12.3. The molecule has 86 valence electrons. The van der Waals surface area contributed by atoms with Crippen molar-refractivity contribution >= 4 is 39.7 Å². The van der Waals surface area contributed by atoms with Gasteiger partial charge in [0.15, 0.2) is 0 Å². The number of rotatable bonds is 2. The first-order valence-electron chi connectivity index (χ1n) is 5.35. The van der Waals surface area contributed by atoms with Crippen molar-refractivity contribution in [1.29, 1.82) is 0 Å². The molecule has 0 aliphatic carbocycles. The summed E-state index contributed by atoms with van der Waals surface area (Å²) in [6, 6.07) is 14.0. The summed E-state index contributed by atoms with van der Waals surface area (Å²) in [5.74, 6) is 0. The SMILES string of the molecule is Cc1ccc(Cl)cc1/C=C/c1ccccc1Br. The average Bonchev–Trinajstić information content (AvgIpc) is 2.32. The van der Waals surface area contributed by atoms with E-state index in [0.717, 1.165) is 20.6 Å². The number of hydrogen-bond acceptors (Lipinski definition) is 0. The normalized spacial score (nSPS) is 11.0. The number of halogens is 2. The Morgan fingerprint density at radius 2 is 1.71 bits per heavy atom. The maximum absolute atomic E-state index is 5.99. The van der Waals surface area contributed by atoms with Gasteiger partial charge in [-0.2, -0.15) is 0 Å². The van der Waals surface area contributed by atoms with E-state index < -0.39 is 0 Å². The first-order valence-corrected chi connectivity index (χ1v) is 6.52. The molecule has 2 heteroatoms. The maximum Gasteiger partial charge on any atom is 0.0412 e. The van der Waals surface area contributed by atoms with Crippen LogP contribution < -0.4 is 0 Å². The van der Waals surface area contributed by atoms with Gasteiger partial charge in [0.1, 0.15) is 0 Å². The van der Waals surface area contributed by atoms with Gasteiger partial charge in [-0.3, -0.25) is 0 Å². The van der Waals surface area contributed by atoms with E-state index in [1.165, 1.54) is 5.56 Å². The Hall–Kier alpha value is -1.05. The highest BCUT2D eigenvalue weighted by Gasteiger charge is 1.97. The standard InChI is InChI=1S/C15H12BrCl/c1-11-6-9-14(17)10-13(11)8-7-12-4-2-3-5-15(12)16/h2-10H,1H3/b8-7+. The van der Waals surface area contributed by atoms with Crippen LogP contribution in [0, 0.1) is 6.92 Å². The third-order valence-corrected chi connectivity index (χ3v) is 3.55. The summed E-state index contributed by atoms with van der Waals surface area (Å²) in [4.78, 5) is 0. The quantitative estimate of drug-likeness (QED) is 0.635.